The molecule has 3 nitrogen and oxygen atoms in total. The molecule has 1 unspecified atom stereocenters. The minimum absolute atomic E-state index is 0.367. The summed E-state index contributed by atoms with van der Waals surface area (Å²) in [5.74, 6) is 0. The molecular weight excluding hydrogens is 373 g/mol. The zero-order valence-corrected chi connectivity index (χ0v) is 16.6. The van der Waals surface area contributed by atoms with Gasteiger partial charge in [0.05, 0.1) is 15.7 Å². The highest BCUT2D eigenvalue weighted by Crippen LogP contribution is 2.30. The summed E-state index contributed by atoms with van der Waals surface area (Å²) in [5.41, 5.74) is 3.28. The van der Waals surface area contributed by atoms with E-state index < -0.39 is 0 Å². The molecule has 0 aromatic heterocycles. The summed E-state index contributed by atoms with van der Waals surface area (Å²) < 4.78 is 0. The molecule has 2 aromatic rings. The van der Waals surface area contributed by atoms with E-state index >= 15 is 0 Å². The standard InChI is InChI=1S/C19H21Cl2N3S/c1-13-6-8-15(9-7-13)24-11-10-23(12-14(24)2)19(25)22-17-5-3-4-16(20)18(17)21/h3-9,14H,10-12H2,1-2H3,(H,22,25). The Morgan fingerprint density at radius 1 is 1.12 bits per heavy atom. The fourth-order valence-corrected chi connectivity index (χ4v) is 3.68. The number of nitrogens with zero attached hydrogens (tertiary/aromatic N) is 2. The van der Waals surface area contributed by atoms with Gasteiger partial charge in [-0.3, -0.25) is 0 Å². The van der Waals surface area contributed by atoms with Crippen molar-refractivity contribution in [1.82, 2.24) is 4.90 Å². The molecule has 1 fully saturated rings. The lowest BCUT2D eigenvalue weighted by atomic mass is 10.1. The number of hydrogen-bond acceptors (Lipinski definition) is 2. The number of benzene rings is 2. The second kappa shape index (κ2) is 7.81. The van der Waals surface area contributed by atoms with Crippen LogP contribution in [0.2, 0.25) is 10.0 Å². The third-order valence-corrected chi connectivity index (χ3v) is 5.65. The Hall–Kier alpha value is -1.49. The first-order chi connectivity index (χ1) is 12.0. The summed E-state index contributed by atoms with van der Waals surface area (Å²) in [4.78, 5) is 4.60. The lowest BCUT2D eigenvalue weighted by Gasteiger charge is -2.42. The summed E-state index contributed by atoms with van der Waals surface area (Å²) >= 11 is 17.9. The van der Waals surface area contributed by atoms with Crippen LogP contribution in [-0.2, 0) is 0 Å². The Morgan fingerprint density at radius 3 is 2.52 bits per heavy atom. The Morgan fingerprint density at radius 2 is 1.84 bits per heavy atom. The van der Waals surface area contributed by atoms with Gasteiger partial charge >= 0.3 is 0 Å². The van der Waals surface area contributed by atoms with Crippen LogP contribution in [0.15, 0.2) is 42.5 Å². The zero-order valence-electron chi connectivity index (χ0n) is 14.3. The average molecular weight is 394 g/mol. The van der Waals surface area contributed by atoms with Gasteiger partial charge in [-0.1, -0.05) is 47.0 Å². The van der Waals surface area contributed by atoms with E-state index in [1.54, 1.807) is 6.07 Å². The van der Waals surface area contributed by atoms with Crippen LogP contribution < -0.4 is 10.2 Å². The van der Waals surface area contributed by atoms with Gasteiger partial charge in [0, 0.05) is 31.4 Å². The van der Waals surface area contributed by atoms with Crippen molar-refractivity contribution >= 4 is 51.9 Å². The fourth-order valence-electron chi connectivity index (χ4n) is 3.06. The second-order valence-electron chi connectivity index (χ2n) is 6.36. The number of aryl methyl sites for hydroxylation is 1. The maximum absolute atomic E-state index is 6.24. The predicted molar refractivity (Wildman–Crippen MR) is 112 cm³/mol. The van der Waals surface area contributed by atoms with E-state index in [1.807, 2.05) is 12.1 Å². The maximum Gasteiger partial charge on any atom is 0.173 e. The molecule has 2 aromatic carbocycles. The van der Waals surface area contributed by atoms with E-state index in [0.29, 0.717) is 21.2 Å². The molecule has 0 radical (unpaired) electrons. The van der Waals surface area contributed by atoms with Gasteiger partial charge in [-0.05, 0) is 50.3 Å². The van der Waals surface area contributed by atoms with Gasteiger partial charge in [0.2, 0.25) is 0 Å². The third-order valence-electron chi connectivity index (χ3n) is 4.47. The maximum atomic E-state index is 6.24. The Labute approximate surface area is 164 Å². The van der Waals surface area contributed by atoms with Gasteiger partial charge in [-0.15, -0.1) is 0 Å². The van der Waals surface area contributed by atoms with Gasteiger partial charge in [0.15, 0.2) is 5.11 Å². The number of rotatable bonds is 2. The molecule has 3 rings (SSSR count). The highest BCUT2D eigenvalue weighted by atomic mass is 35.5. The van der Waals surface area contributed by atoms with Crippen molar-refractivity contribution in [2.75, 3.05) is 29.9 Å². The topological polar surface area (TPSA) is 18.5 Å². The molecule has 1 aliphatic rings. The summed E-state index contributed by atoms with van der Waals surface area (Å²) in [6.07, 6.45) is 0. The molecule has 0 bridgehead atoms. The van der Waals surface area contributed by atoms with Gasteiger partial charge in [0.1, 0.15) is 0 Å². The summed E-state index contributed by atoms with van der Waals surface area (Å²) in [7, 11) is 0. The number of thiocarbonyl (C=S) groups is 1. The lowest BCUT2D eigenvalue weighted by molar-refractivity contribution is 0.342. The van der Waals surface area contributed by atoms with Crippen LogP contribution in [-0.4, -0.2) is 35.7 Å². The Bertz CT molecular complexity index is 764. The first-order valence-corrected chi connectivity index (χ1v) is 9.45. The molecule has 0 saturated carbocycles. The van der Waals surface area contributed by atoms with Crippen molar-refractivity contribution < 1.29 is 0 Å². The second-order valence-corrected chi connectivity index (χ2v) is 7.53. The van der Waals surface area contributed by atoms with Crippen molar-refractivity contribution in [2.24, 2.45) is 0 Å². The molecule has 0 spiro atoms. The summed E-state index contributed by atoms with van der Waals surface area (Å²) in [6.45, 7) is 6.98. The number of piperazine rings is 1. The number of anilines is 2. The zero-order chi connectivity index (χ0) is 18.0. The number of hydrogen-bond donors (Lipinski definition) is 1. The highest BCUT2D eigenvalue weighted by molar-refractivity contribution is 7.80. The monoisotopic (exact) mass is 393 g/mol. The highest BCUT2D eigenvalue weighted by Gasteiger charge is 2.25. The Balaban J connectivity index is 1.65. The Kier molecular flexibility index (Phi) is 5.72. The number of halogens is 2. The van der Waals surface area contributed by atoms with Crippen LogP contribution in [0.25, 0.3) is 0 Å². The van der Waals surface area contributed by atoms with Gasteiger partial charge < -0.3 is 15.1 Å². The van der Waals surface area contributed by atoms with Crippen LogP contribution in [0.5, 0.6) is 0 Å². The van der Waals surface area contributed by atoms with E-state index in [2.05, 4.69) is 53.2 Å². The van der Waals surface area contributed by atoms with Crippen LogP contribution in [0.3, 0.4) is 0 Å². The molecule has 1 aliphatic heterocycles. The lowest BCUT2D eigenvalue weighted by Crippen LogP contribution is -2.54. The normalized spacial score (nSPS) is 17.5. The summed E-state index contributed by atoms with van der Waals surface area (Å²) in [5, 5.41) is 4.92. The van der Waals surface area contributed by atoms with Crippen LogP contribution in [0.4, 0.5) is 11.4 Å². The third kappa shape index (κ3) is 4.20. The first-order valence-electron chi connectivity index (χ1n) is 8.29. The average Bonchev–Trinajstić information content (AvgIpc) is 2.60. The SMILES string of the molecule is Cc1ccc(N2CCN(C(=S)Nc3cccc(Cl)c3Cl)CC2C)cc1. The van der Waals surface area contributed by atoms with Gasteiger partial charge in [-0.25, -0.2) is 0 Å². The van der Waals surface area contributed by atoms with Crippen molar-refractivity contribution in [3.05, 3.63) is 58.1 Å². The quantitative estimate of drug-likeness (QED) is 0.705. The molecule has 25 heavy (non-hydrogen) atoms. The molecule has 0 aliphatic carbocycles. The van der Waals surface area contributed by atoms with E-state index in [1.165, 1.54) is 11.3 Å². The molecule has 1 N–H and O–H groups in total. The molecule has 1 heterocycles. The van der Waals surface area contributed by atoms with E-state index in [9.17, 15) is 0 Å². The minimum atomic E-state index is 0.367. The molecule has 1 saturated heterocycles. The predicted octanol–water partition coefficient (Wildman–Crippen LogP) is 5.21. The minimum Gasteiger partial charge on any atom is -0.365 e. The van der Waals surface area contributed by atoms with Crippen molar-refractivity contribution in [3.8, 4) is 0 Å². The van der Waals surface area contributed by atoms with Crippen molar-refractivity contribution in [3.63, 3.8) is 0 Å². The van der Waals surface area contributed by atoms with Gasteiger partial charge in [-0.2, -0.15) is 0 Å². The molecule has 6 heteroatoms. The first kappa shape index (κ1) is 18.3. The van der Waals surface area contributed by atoms with E-state index in [4.69, 9.17) is 35.4 Å². The smallest absolute Gasteiger partial charge is 0.173 e. The van der Waals surface area contributed by atoms with E-state index in [0.717, 1.165) is 25.3 Å². The molecule has 132 valence electrons. The van der Waals surface area contributed by atoms with E-state index in [-0.39, 0.29) is 0 Å². The van der Waals surface area contributed by atoms with Crippen LogP contribution in [0.1, 0.15) is 12.5 Å². The molecule has 1 atom stereocenters. The fraction of sp³-hybridized carbons (Fsp3) is 0.316. The number of nitrogens with one attached hydrogen (secondary N) is 1. The summed E-state index contributed by atoms with van der Waals surface area (Å²) in [6, 6.07) is 14.5. The van der Waals surface area contributed by atoms with Gasteiger partial charge in [0.25, 0.3) is 0 Å². The molecule has 0 amide bonds. The molecular formula is C19H21Cl2N3S. The van der Waals surface area contributed by atoms with Crippen molar-refractivity contribution in [1.29, 1.82) is 0 Å². The largest absolute Gasteiger partial charge is 0.365 e. The van der Waals surface area contributed by atoms with Crippen molar-refractivity contribution in [2.45, 2.75) is 19.9 Å². The van der Waals surface area contributed by atoms with Crippen LogP contribution >= 0.6 is 35.4 Å². The van der Waals surface area contributed by atoms with Crippen LogP contribution in [0, 0.1) is 6.92 Å².